The van der Waals surface area contributed by atoms with Crippen LogP contribution in [0.15, 0.2) is 71.2 Å². The minimum Gasteiger partial charge on any atom is -0.356 e. The van der Waals surface area contributed by atoms with E-state index in [2.05, 4.69) is 5.16 Å². The van der Waals surface area contributed by atoms with Crippen LogP contribution >= 0.6 is 0 Å². The Labute approximate surface area is 101 Å². The molecular weight excluding hydrogens is 210 g/mol. The lowest BCUT2D eigenvalue weighted by Gasteiger charge is -1.92. The van der Waals surface area contributed by atoms with Gasteiger partial charge in [-0.1, -0.05) is 65.8 Å². The minimum absolute atomic E-state index is 0.326. The summed E-state index contributed by atoms with van der Waals surface area (Å²) in [6, 6.07) is 19.5. The van der Waals surface area contributed by atoms with E-state index in [4.69, 9.17) is 5.89 Å². The molecule has 0 atom stereocenters. The Morgan fingerprint density at radius 3 is 2.06 bits per heavy atom. The fraction of sp³-hybridized carbons (Fsp3) is 0. The Balaban J connectivity index is 2.09. The molecule has 1 heterocycles. The number of rotatable bonds is 2. The van der Waals surface area contributed by atoms with Crippen LogP contribution in [0, 0.1) is 0 Å². The molecule has 0 amide bonds. The molecule has 0 spiro atoms. The van der Waals surface area contributed by atoms with Crippen LogP contribution in [0.3, 0.4) is 0 Å². The van der Waals surface area contributed by atoms with Gasteiger partial charge < -0.3 is 4.52 Å². The molecule has 0 saturated heterocycles. The van der Waals surface area contributed by atoms with Crippen LogP contribution in [0.4, 0.5) is 0 Å². The first-order valence-corrected chi connectivity index (χ1v) is 5.43. The van der Waals surface area contributed by atoms with Gasteiger partial charge in [-0.3, -0.25) is 0 Å². The van der Waals surface area contributed by atoms with E-state index in [9.17, 15) is 0 Å². The highest BCUT2D eigenvalue weighted by Crippen LogP contribution is 2.25. The summed E-state index contributed by atoms with van der Waals surface area (Å²) in [5, 5.41) is 4.00. The van der Waals surface area contributed by atoms with Gasteiger partial charge in [0.05, 0.1) is 1.37 Å². The van der Waals surface area contributed by atoms with Crippen LogP contribution in [-0.2, 0) is 0 Å². The van der Waals surface area contributed by atoms with Crippen LogP contribution in [-0.4, -0.2) is 5.16 Å². The van der Waals surface area contributed by atoms with E-state index in [0.717, 1.165) is 11.1 Å². The fourth-order valence-electron chi connectivity index (χ4n) is 1.68. The maximum absolute atomic E-state index is 8.15. The monoisotopic (exact) mass is 222 g/mol. The lowest BCUT2D eigenvalue weighted by molar-refractivity contribution is 0.435. The van der Waals surface area contributed by atoms with Gasteiger partial charge in [-0.25, -0.2) is 0 Å². The zero-order valence-electron chi connectivity index (χ0n) is 10.1. The van der Waals surface area contributed by atoms with Crippen molar-refractivity contribution in [3.05, 3.63) is 66.7 Å². The predicted molar refractivity (Wildman–Crippen MR) is 67.4 cm³/mol. The molecule has 2 heteroatoms. The predicted octanol–water partition coefficient (Wildman–Crippen LogP) is 4.01. The van der Waals surface area contributed by atoms with Crippen molar-refractivity contribution in [1.82, 2.24) is 5.16 Å². The summed E-state index contributed by atoms with van der Waals surface area (Å²) < 4.78 is 13.4. The van der Waals surface area contributed by atoms with Crippen molar-refractivity contribution in [2.75, 3.05) is 0 Å². The van der Waals surface area contributed by atoms with Crippen LogP contribution in [0.1, 0.15) is 1.37 Å². The van der Waals surface area contributed by atoms with Crippen molar-refractivity contribution in [3.8, 4) is 22.6 Å². The van der Waals surface area contributed by atoms with Crippen LogP contribution in [0.25, 0.3) is 22.6 Å². The number of nitrogens with zero attached hydrogens (tertiary/aromatic N) is 1. The van der Waals surface area contributed by atoms with Crippen molar-refractivity contribution in [3.63, 3.8) is 0 Å². The van der Waals surface area contributed by atoms with Gasteiger partial charge in [-0.15, -0.1) is 0 Å². The summed E-state index contributed by atoms with van der Waals surface area (Å²) in [6.07, 6.45) is 0. The van der Waals surface area contributed by atoms with Crippen molar-refractivity contribution in [1.29, 1.82) is 0 Å². The number of hydrogen-bond donors (Lipinski definition) is 0. The highest BCUT2D eigenvalue weighted by molar-refractivity contribution is 5.66. The maximum atomic E-state index is 8.15. The summed E-state index contributed by atoms with van der Waals surface area (Å²) in [4.78, 5) is 0. The molecule has 0 fully saturated rings. The lowest BCUT2D eigenvalue weighted by Crippen LogP contribution is -1.73. The molecule has 3 rings (SSSR count). The van der Waals surface area contributed by atoms with E-state index in [-0.39, 0.29) is 0 Å². The van der Waals surface area contributed by atoms with Crippen LogP contribution in [0.5, 0.6) is 0 Å². The molecule has 3 aromatic rings. The molecule has 0 radical (unpaired) electrons. The quantitative estimate of drug-likeness (QED) is 0.654. The Morgan fingerprint density at radius 2 is 1.41 bits per heavy atom. The van der Waals surface area contributed by atoms with E-state index >= 15 is 0 Å². The third-order valence-corrected chi connectivity index (χ3v) is 2.54. The highest BCUT2D eigenvalue weighted by Gasteiger charge is 2.07. The Hall–Kier alpha value is -2.35. The molecule has 82 valence electrons. The second-order valence-corrected chi connectivity index (χ2v) is 3.72. The summed E-state index contributed by atoms with van der Waals surface area (Å²) in [6.45, 7) is 0. The molecule has 2 nitrogen and oxygen atoms in total. The summed E-state index contributed by atoms with van der Waals surface area (Å²) in [5.41, 5.74) is 2.35. The van der Waals surface area contributed by atoms with Gasteiger partial charge in [0.25, 0.3) is 0 Å². The van der Waals surface area contributed by atoms with Crippen molar-refractivity contribution in [2.45, 2.75) is 0 Å². The first-order chi connectivity index (χ1) is 8.86. The topological polar surface area (TPSA) is 26.0 Å². The van der Waals surface area contributed by atoms with E-state index < -0.39 is 0 Å². The van der Waals surface area contributed by atoms with Gasteiger partial charge >= 0.3 is 0 Å². The van der Waals surface area contributed by atoms with Gasteiger partial charge in [0.15, 0.2) is 5.76 Å². The zero-order valence-corrected chi connectivity index (χ0v) is 9.13. The number of hydrogen-bond acceptors (Lipinski definition) is 2. The van der Waals surface area contributed by atoms with Crippen molar-refractivity contribution >= 4 is 0 Å². The van der Waals surface area contributed by atoms with Crippen LogP contribution in [0.2, 0.25) is 0 Å². The first-order valence-electron chi connectivity index (χ1n) is 5.93. The highest BCUT2D eigenvalue weighted by atomic mass is 16.5. The van der Waals surface area contributed by atoms with Crippen LogP contribution < -0.4 is 0 Å². The molecule has 0 saturated carbocycles. The first kappa shape index (κ1) is 8.76. The molecule has 17 heavy (non-hydrogen) atoms. The standard InChI is InChI=1S/C15H11NO/c1-3-7-12(8-4-1)14-11-15(17-16-14)13-9-5-2-6-10-13/h1-11H/i11D. The third-order valence-electron chi connectivity index (χ3n) is 2.54. The average Bonchev–Trinajstić information content (AvgIpc) is 2.83. The largest absolute Gasteiger partial charge is 0.356 e. The van der Waals surface area contributed by atoms with E-state index in [0.29, 0.717) is 17.5 Å². The molecule has 0 N–H and O–H groups in total. The number of benzene rings is 2. The average molecular weight is 222 g/mol. The Kier molecular flexibility index (Phi) is 2.19. The summed E-state index contributed by atoms with van der Waals surface area (Å²) in [5.74, 6) is 0.509. The maximum Gasteiger partial charge on any atom is 0.167 e. The minimum atomic E-state index is 0.326. The van der Waals surface area contributed by atoms with Gasteiger partial charge in [-0.2, -0.15) is 0 Å². The van der Waals surface area contributed by atoms with E-state index in [1.54, 1.807) is 0 Å². The fourth-order valence-corrected chi connectivity index (χ4v) is 1.68. The second-order valence-electron chi connectivity index (χ2n) is 3.72. The molecule has 0 unspecified atom stereocenters. The summed E-state index contributed by atoms with van der Waals surface area (Å²) in [7, 11) is 0. The van der Waals surface area contributed by atoms with Gasteiger partial charge in [0.1, 0.15) is 5.69 Å². The Morgan fingerprint density at radius 1 is 0.824 bits per heavy atom. The van der Waals surface area contributed by atoms with E-state index in [1.165, 1.54) is 0 Å². The number of aromatic nitrogens is 1. The normalized spacial score (nSPS) is 11.2. The molecule has 0 aliphatic rings. The van der Waals surface area contributed by atoms with Gasteiger partial charge in [0, 0.05) is 17.2 Å². The van der Waals surface area contributed by atoms with Crippen molar-refractivity contribution < 1.29 is 5.89 Å². The summed E-state index contributed by atoms with van der Waals surface area (Å²) >= 11 is 0. The molecule has 0 bridgehead atoms. The molecular formula is C15H11NO. The van der Waals surface area contributed by atoms with Gasteiger partial charge in [0.2, 0.25) is 0 Å². The third kappa shape index (κ3) is 1.97. The zero-order chi connectivity index (χ0) is 12.4. The second kappa shape index (κ2) is 4.26. The van der Waals surface area contributed by atoms with Gasteiger partial charge in [-0.05, 0) is 0 Å². The lowest BCUT2D eigenvalue weighted by atomic mass is 10.1. The molecule has 1 aromatic heterocycles. The molecule has 2 aromatic carbocycles. The smallest absolute Gasteiger partial charge is 0.167 e. The molecule has 0 aliphatic heterocycles. The Bertz CT molecular complexity index is 590. The SMILES string of the molecule is [2H]c1c(-c2ccccc2)noc1-c1ccccc1. The molecule has 0 aliphatic carbocycles. The van der Waals surface area contributed by atoms with E-state index in [1.807, 2.05) is 60.7 Å². The van der Waals surface area contributed by atoms with Crippen molar-refractivity contribution in [2.24, 2.45) is 0 Å².